The number of carbonyl (C=O) groups excluding carboxylic acids is 1. The SMILES string of the molecule is O=C(c1ccc2c(c1)OCCO2)N1CCCC[C@@H]1c1nc2ccccc2[nH]1. The molecule has 0 radical (unpaired) electrons. The zero-order valence-electron chi connectivity index (χ0n) is 15.0. The van der Waals surface area contributed by atoms with Gasteiger partial charge >= 0.3 is 0 Å². The van der Waals surface area contributed by atoms with Crippen molar-refractivity contribution in [1.82, 2.24) is 14.9 Å². The van der Waals surface area contributed by atoms with Gasteiger partial charge in [0.1, 0.15) is 19.0 Å². The van der Waals surface area contributed by atoms with E-state index >= 15 is 0 Å². The number of piperidine rings is 1. The number of carbonyl (C=O) groups is 1. The predicted octanol–water partition coefficient (Wildman–Crippen LogP) is 3.70. The molecule has 1 N–H and O–H groups in total. The minimum absolute atomic E-state index is 0.0112. The summed E-state index contributed by atoms with van der Waals surface area (Å²) in [6.45, 7) is 1.78. The molecule has 3 aromatic rings. The average molecular weight is 363 g/mol. The number of benzene rings is 2. The standard InChI is InChI=1S/C21H21N3O3/c25-21(14-8-9-18-19(13-14)27-12-11-26-18)24-10-4-3-7-17(24)20-22-15-5-1-2-6-16(15)23-20/h1-2,5-6,8-9,13,17H,3-4,7,10-12H2,(H,22,23)/t17-/m1/s1. The molecule has 2 aliphatic rings. The quantitative estimate of drug-likeness (QED) is 0.754. The Bertz CT molecular complexity index is 964. The number of hydrogen-bond donors (Lipinski definition) is 1. The number of imidazole rings is 1. The zero-order valence-corrected chi connectivity index (χ0v) is 15.0. The summed E-state index contributed by atoms with van der Waals surface area (Å²) in [5, 5.41) is 0. The maximum absolute atomic E-state index is 13.3. The van der Waals surface area contributed by atoms with Gasteiger partial charge in [0.05, 0.1) is 17.1 Å². The van der Waals surface area contributed by atoms with Crippen molar-refractivity contribution in [2.24, 2.45) is 0 Å². The first-order valence-electron chi connectivity index (χ1n) is 9.45. The molecule has 1 fully saturated rings. The fourth-order valence-corrected chi connectivity index (χ4v) is 3.93. The number of ether oxygens (including phenoxy) is 2. The number of nitrogens with one attached hydrogen (secondary N) is 1. The third-order valence-electron chi connectivity index (χ3n) is 5.28. The van der Waals surface area contributed by atoms with E-state index in [4.69, 9.17) is 14.5 Å². The van der Waals surface area contributed by atoms with Crippen LogP contribution < -0.4 is 9.47 Å². The molecule has 2 aromatic carbocycles. The predicted molar refractivity (Wildman–Crippen MR) is 101 cm³/mol. The molecule has 1 saturated heterocycles. The first-order valence-corrected chi connectivity index (χ1v) is 9.45. The van der Waals surface area contributed by atoms with Crippen molar-refractivity contribution >= 4 is 16.9 Å². The summed E-state index contributed by atoms with van der Waals surface area (Å²) in [5.41, 5.74) is 2.57. The highest BCUT2D eigenvalue weighted by molar-refractivity contribution is 5.95. The van der Waals surface area contributed by atoms with E-state index in [9.17, 15) is 4.79 Å². The largest absolute Gasteiger partial charge is 0.486 e. The van der Waals surface area contributed by atoms with E-state index in [1.807, 2.05) is 41.3 Å². The van der Waals surface area contributed by atoms with Gasteiger partial charge < -0.3 is 19.4 Å². The van der Waals surface area contributed by atoms with E-state index in [1.165, 1.54) is 0 Å². The fraction of sp³-hybridized carbons (Fsp3) is 0.333. The van der Waals surface area contributed by atoms with Gasteiger partial charge in [-0.1, -0.05) is 12.1 Å². The summed E-state index contributed by atoms with van der Waals surface area (Å²) >= 11 is 0. The molecule has 0 unspecified atom stereocenters. The highest BCUT2D eigenvalue weighted by Crippen LogP contribution is 2.34. The first kappa shape index (κ1) is 16.2. The lowest BCUT2D eigenvalue weighted by Crippen LogP contribution is -2.39. The second-order valence-corrected chi connectivity index (χ2v) is 7.01. The second kappa shape index (κ2) is 6.61. The number of aromatic nitrogens is 2. The Morgan fingerprint density at radius 2 is 1.93 bits per heavy atom. The highest BCUT2D eigenvalue weighted by atomic mass is 16.6. The molecule has 0 bridgehead atoms. The van der Waals surface area contributed by atoms with Crippen LogP contribution >= 0.6 is 0 Å². The molecule has 3 heterocycles. The molecule has 138 valence electrons. The zero-order chi connectivity index (χ0) is 18.2. The van der Waals surface area contributed by atoms with Crippen molar-refractivity contribution in [2.75, 3.05) is 19.8 Å². The summed E-state index contributed by atoms with van der Waals surface area (Å²) in [7, 11) is 0. The monoisotopic (exact) mass is 363 g/mol. The van der Waals surface area contributed by atoms with Gasteiger partial charge in [-0.05, 0) is 49.6 Å². The number of rotatable bonds is 2. The maximum Gasteiger partial charge on any atom is 0.254 e. The number of fused-ring (bicyclic) bond motifs is 2. The number of amides is 1. The third kappa shape index (κ3) is 2.91. The lowest BCUT2D eigenvalue weighted by molar-refractivity contribution is 0.0600. The van der Waals surface area contributed by atoms with Crippen molar-refractivity contribution in [3.8, 4) is 11.5 Å². The average Bonchev–Trinajstić information content (AvgIpc) is 3.17. The van der Waals surface area contributed by atoms with Gasteiger partial charge in [-0.25, -0.2) is 4.98 Å². The third-order valence-corrected chi connectivity index (χ3v) is 5.28. The van der Waals surface area contributed by atoms with Crippen molar-refractivity contribution in [1.29, 1.82) is 0 Å². The van der Waals surface area contributed by atoms with E-state index in [0.717, 1.165) is 42.7 Å². The minimum Gasteiger partial charge on any atom is -0.486 e. The molecule has 0 spiro atoms. The van der Waals surface area contributed by atoms with E-state index in [2.05, 4.69) is 4.98 Å². The fourth-order valence-electron chi connectivity index (χ4n) is 3.93. The van der Waals surface area contributed by atoms with Gasteiger partial charge in [-0.15, -0.1) is 0 Å². The Balaban J connectivity index is 1.47. The molecule has 0 saturated carbocycles. The molecule has 1 atom stereocenters. The molecule has 2 aliphatic heterocycles. The van der Waals surface area contributed by atoms with Crippen LogP contribution in [0, 0.1) is 0 Å². The maximum atomic E-state index is 13.3. The van der Waals surface area contributed by atoms with Crippen LogP contribution in [0.15, 0.2) is 42.5 Å². The summed E-state index contributed by atoms with van der Waals surface area (Å²) in [6.07, 6.45) is 3.01. The summed E-state index contributed by atoms with van der Waals surface area (Å²) in [5.74, 6) is 2.22. The lowest BCUT2D eigenvalue weighted by atomic mass is 10.00. The molecular formula is C21H21N3O3. The second-order valence-electron chi connectivity index (χ2n) is 7.01. The van der Waals surface area contributed by atoms with E-state index in [1.54, 1.807) is 6.07 Å². The van der Waals surface area contributed by atoms with Gasteiger partial charge in [-0.3, -0.25) is 4.79 Å². The summed E-state index contributed by atoms with van der Waals surface area (Å²) < 4.78 is 11.2. The Labute approximate surface area is 157 Å². The molecule has 1 aromatic heterocycles. The van der Waals surface area contributed by atoms with Crippen molar-refractivity contribution < 1.29 is 14.3 Å². The minimum atomic E-state index is -0.0353. The molecule has 27 heavy (non-hydrogen) atoms. The summed E-state index contributed by atoms with van der Waals surface area (Å²) in [6, 6.07) is 13.4. The highest BCUT2D eigenvalue weighted by Gasteiger charge is 2.31. The summed E-state index contributed by atoms with van der Waals surface area (Å²) in [4.78, 5) is 23.4. The van der Waals surface area contributed by atoms with Crippen LogP contribution in [-0.2, 0) is 0 Å². The van der Waals surface area contributed by atoms with Gasteiger partial charge in [0.2, 0.25) is 0 Å². The molecule has 0 aliphatic carbocycles. The van der Waals surface area contributed by atoms with E-state index < -0.39 is 0 Å². The van der Waals surface area contributed by atoms with Crippen LogP contribution in [0.2, 0.25) is 0 Å². The topological polar surface area (TPSA) is 67.5 Å². The van der Waals surface area contributed by atoms with Crippen LogP contribution in [-0.4, -0.2) is 40.5 Å². The van der Waals surface area contributed by atoms with Crippen LogP contribution in [0.4, 0.5) is 0 Å². The Morgan fingerprint density at radius 1 is 1.07 bits per heavy atom. The van der Waals surface area contributed by atoms with Gasteiger partial charge in [0.15, 0.2) is 11.5 Å². The van der Waals surface area contributed by atoms with Gasteiger partial charge in [0, 0.05) is 12.1 Å². The van der Waals surface area contributed by atoms with Gasteiger partial charge in [0.25, 0.3) is 5.91 Å². The number of nitrogens with zero attached hydrogens (tertiary/aromatic N) is 2. The number of H-pyrrole nitrogens is 1. The van der Waals surface area contributed by atoms with Crippen LogP contribution in [0.1, 0.15) is 41.5 Å². The smallest absolute Gasteiger partial charge is 0.254 e. The molecule has 5 rings (SSSR count). The molecule has 1 amide bonds. The number of para-hydroxylation sites is 2. The van der Waals surface area contributed by atoms with Gasteiger partial charge in [-0.2, -0.15) is 0 Å². The van der Waals surface area contributed by atoms with Crippen molar-refractivity contribution in [2.45, 2.75) is 25.3 Å². The lowest BCUT2D eigenvalue weighted by Gasteiger charge is -2.34. The number of likely N-dealkylation sites (tertiary alicyclic amines) is 1. The van der Waals surface area contributed by atoms with Crippen LogP contribution in [0.25, 0.3) is 11.0 Å². The van der Waals surface area contributed by atoms with Crippen LogP contribution in [0.5, 0.6) is 11.5 Å². The number of aromatic amines is 1. The Kier molecular flexibility index (Phi) is 3.96. The van der Waals surface area contributed by atoms with Crippen LogP contribution in [0.3, 0.4) is 0 Å². The number of hydrogen-bond acceptors (Lipinski definition) is 4. The van der Waals surface area contributed by atoms with Crippen molar-refractivity contribution in [3.05, 3.63) is 53.9 Å². The molecular weight excluding hydrogens is 342 g/mol. The Morgan fingerprint density at radius 3 is 2.81 bits per heavy atom. The molecule has 6 nitrogen and oxygen atoms in total. The normalized spacial score (nSPS) is 19.3. The Hall–Kier alpha value is -3.02. The van der Waals surface area contributed by atoms with Crippen molar-refractivity contribution in [3.63, 3.8) is 0 Å². The molecule has 6 heteroatoms. The van der Waals surface area contributed by atoms with E-state index in [0.29, 0.717) is 30.3 Å². The first-order chi connectivity index (χ1) is 13.3. The van der Waals surface area contributed by atoms with E-state index in [-0.39, 0.29) is 11.9 Å².